The van der Waals surface area contributed by atoms with Crippen LogP contribution in [-0.4, -0.2) is 13.3 Å². The smallest absolute Gasteiger partial charge is 0.270 e. The molecule has 2 aromatic carbocycles. The molecule has 0 aliphatic carbocycles. The van der Waals surface area contributed by atoms with Crippen molar-refractivity contribution in [1.29, 1.82) is 0 Å². The largest absolute Gasteiger partial charge is 0.278 e. The van der Waals surface area contributed by atoms with Gasteiger partial charge < -0.3 is 0 Å². The molecule has 0 bridgehead atoms. The van der Waals surface area contributed by atoms with E-state index in [4.69, 9.17) is 11.6 Å². The van der Waals surface area contributed by atoms with Gasteiger partial charge in [-0.2, -0.15) is 0 Å². The maximum Gasteiger partial charge on any atom is 0.270 e. The summed E-state index contributed by atoms with van der Waals surface area (Å²) in [7, 11) is -3.95. The van der Waals surface area contributed by atoms with Gasteiger partial charge in [0.1, 0.15) is 0 Å². The van der Waals surface area contributed by atoms with Crippen LogP contribution in [0.2, 0.25) is 5.02 Å². The molecule has 0 aliphatic rings. The number of halogens is 2. The molecule has 0 aromatic heterocycles. The highest BCUT2D eigenvalue weighted by Crippen LogP contribution is 2.31. The summed E-state index contributed by atoms with van der Waals surface area (Å²) in [5.41, 5.74) is -0.0583. The Bertz CT molecular complexity index is 811. The first-order chi connectivity index (χ1) is 9.81. The van der Waals surface area contributed by atoms with Crippen molar-refractivity contribution >= 4 is 48.9 Å². The van der Waals surface area contributed by atoms with Crippen LogP contribution in [0.15, 0.2) is 51.8 Å². The molecule has 9 heteroatoms. The number of rotatable bonds is 4. The van der Waals surface area contributed by atoms with Crippen molar-refractivity contribution in [2.24, 2.45) is 0 Å². The molecule has 110 valence electrons. The topological polar surface area (TPSA) is 89.3 Å². The third-order valence-electron chi connectivity index (χ3n) is 2.53. The number of sulfonamides is 1. The van der Waals surface area contributed by atoms with E-state index in [-0.39, 0.29) is 16.3 Å². The van der Waals surface area contributed by atoms with Crippen LogP contribution in [0, 0.1) is 10.1 Å². The van der Waals surface area contributed by atoms with Gasteiger partial charge in [-0.3, -0.25) is 14.8 Å². The Balaban J connectivity index is 2.41. The van der Waals surface area contributed by atoms with Gasteiger partial charge in [-0.1, -0.05) is 23.7 Å². The number of non-ortho nitro benzene ring substituents is 1. The monoisotopic (exact) mass is 390 g/mol. The fraction of sp³-hybridized carbons (Fsp3) is 0. The predicted octanol–water partition coefficient (Wildman–Crippen LogP) is 3.81. The number of benzene rings is 2. The fourth-order valence-corrected chi connectivity index (χ4v) is 3.33. The zero-order chi connectivity index (χ0) is 15.6. The van der Waals surface area contributed by atoms with Crippen molar-refractivity contribution in [3.8, 4) is 0 Å². The third-order valence-corrected chi connectivity index (χ3v) is 5.30. The molecule has 0 atom stereocenters. The molecule has 0 saturated carbocycles. The summed E-state index contributed by atoms with van der Waals surface area (Å²) < 4.78 is 27.2. The number of hydrogen-bond acceptors (Lipinski definition) is 4. The molecule has 2 aromatic rings. The van der Waals surface area contributed by atoms with Crippen molar-refractivity contribution in [1.82, 2.24) is 0 Å². The van der Waals surface area contributed by atoms with Crippen molar-refractivity contribution < 1.29 is 13.3 Å². The second kappa shape index (κ2) is 6.00. The molecule has 21 heavy (non-hydrogen) atoms. The van der Waals surface area contributed by atoms with E-state index >= 15 is 0 Å². The summed E-state index contributed by atoms with van der Waals surface area (Å²) >= 11 is 9.06. The van der Waals surface area contributed by atoms with E-state index in [1.54, 1.807) is 12.1 Å². The van der Waals surface area contributed by atoms with Gasteiger partial charge in [0.25, 0.3) is 15.7 Å². The first-order valence-corrected chi connectivity index (χ1v) is 8.18. The second-order valence-electron chi connectivity index (χ2n) is 3.96. The first kappa shape index (κ1) is 15.7. The zero-order valence-corrected chi connectivity index (χ0v) is 13.4. The summed E-state index contributed by atoms with van der Waals surface area (Å²) in [6.45, 7) is 0. The van der Waals surface area contributed by atoms with Crippen LogP contribution in [0.4, 0.5) is 11.4 Å². The lowest BCUT2D eigenvalue weighted by atomic mass is 10.3. The molecule has 0 saturated heterocycles. The van der Waals surface area contributed by atoms with Gasteiger partial charge in [0.15, 0.2) is 0 Å². The predicted molar refractivity (Wildman–Crippen MR) is 83.1 cm³/mol. The van der Waals surface area contributed by atoms with Crippen molar-refractivity contribution in [2.45, 2.75) is 4.90 Å². The first-order valence-electron chi connectivity index (χ1n) is 5.52. The van der Waals surface area contributed by atoms with Gasteiger partial charge in [-0.15, -0.1) is 0 Å². The summed E-state index contributed by atoms with van der Waals surface area (Å²) in [6, 6.07) is 9.47. The molecule has 6 nitrogen and oxygen atoms in total. The van der Waals surface area contributed by atoms with Crippen LogP contribution in [0.3, 0.4) is 0 Å². The normalized spacial score (nSPS) is 11.1. The van der Waals surface area contributed by atoms with E-state index < -0.39 is 14.9 Å². The minimum Gasteiger partial charge on any atom is -0.278 e. The van der Waals surface area contributed by atoms with E-state index in [1.165, 1.54) is 24.3 Å². The molecule has 2 rings (SSSR count). The van der Waals surface area contributed by atoms with Crippen LogP contribution >= 0.6 is 27.5 Å². The minimum atomic E-state index is -3.95. The number of anilines is 1. The Morgan fingerprint density at radius 3 is 2.52 bits per heavy atom. The molecule has 0 spiro atoms. The van der Waals surface area contributed by atoms with E-state index in [0.29, 0.717) is 9.50 Å². The molecule has 1 N–H and O–H groups in total. The van der Waals surface area contributed by atoms with Crippen LogP contribution in [0.1, 0.15) is 0 Å². The molecule has 0 radical (unpaired) electrons. The molecular formula is C12H8BrClN2O4S. The molecule has 0 aliphatic heterocycles. The number of nitro benzene ring substituents is 1. The maximum absolute atomic E-state index is 12.2. The minimum absolute atomic E-state index is 0.205. The van der Waals surface area contributed by atoms with Crippen LogP contribution in [0.5, 0.6) is 0 Å². The van der Waals surface area contributed by atoms with E-state index in [2.05, 4.69) is 20.7 Å². The highest BCUT2D eigenvalue weighted by atomic mass is 79.9. The number of hydrogen-bond donors (Lipinski definition) is 1. The fourth-order valence-electron chi connectivity index (χ4n) is 1.55. The molecule has 0 heterocycles. The zero-order valence-electron chi connectivity index (χ0n) is 10.3. The third kappa shape index (κ3) is 3.52. The summed E-state index contributed by atoms with van der Waals surface area (Å²) in [6.07, 6.45) is 0. The Morgan fingerprint density at radius 1 is 1.19 bits per heavy atom. The number of nitro groups is 1. The Kier molecular flexibility index (Phi) is 4.50. The lowest BCUT2D eigenvalue weighted by molar-refractivity contribution is -0.385. The lowest BCUT2D eigenvalue weighted by Gasteiger charge is -2.10. The molecule has 0 unspecified atom stereocenters. The summed E-state index contributed by atoms with van der Waals surface area (Å²) in [4.78, 5) is 9.84. The van der Waals surface area contributed by atoms with Gasteiger partial charge in [-0.05, 0) is 34.1 Å². The molecular weight excluding hydrogens is 384 g/mol. The van der Waals surface area contributed by atoms with Gasteiger partial charge in [-0.25, -0.2) is 8.42 Å². The van der Waals surface area contributed by atoms with E-state index in [1.807, 2.05) is 0 Å². The van der Waals surface area contributed by atoms with Crippen LogP contribution in [-0.2, 0) is 10.0 Å². The highest BCUT2D eigenvalue weighted by molar-refractivity contribution is 9.10. The lowest BCUT2D eigenvalue weighted by Crippen LogP contribution is -2.13. The van der Waals surface area contributed by atoms with Crippen molar-refractivity contribution in [2.75, 3.05) is 4.72 Å². The average molecular weight is 392 g/mol. The standard InChI is InChI=1S/C12H8BrClN2O4S/c13-12-10(14)5-2-6-11(12)15-21(19,20)9-4-1-3-8(7-9)16(17)18/h1-7,15H. The van der Waals surface area contributed by atoms with Gasteiger partial charge in [0.05, 0.1) is 25.0 Å². The average Bonchev–Trinajstić information content (AvgIpc) is 2.44. The second-order valence-corrected chi connectivity index (χ2v) is 6.84. The summed E-state index contributed by atoms with van der Waals surface area (Å²) in [5, 5.41) is 11.0. The van der Waals surface area contributed by atoms with E-state index in [0.717, 1.165) is 6.07 Å². The van der Waals surface area contributed by atoms with Crippen LogP contribution in [0.25, 0.3) is 0 Å². The van der Waals surface area contributed by atoms with Crippen LogP contribution < -0.4 is 4.72 Å². The Morgan fingerprint density at radius 2 is 1.86 bits per heavy atom. The number of nitrogens with zero attached hydrogens (tertiary/aromatic N) is 1. The quantitative estimate of drug-likeness (QED) is 0.634. The van der Waals surface area contributed by atoms with Crippen molar-refractivity contribution in [3.63, 3.8) is 0 Å². The van der Waals surface area contributed by atoms with Gasteiger partial charge in [0, 0.05) is 12.1 Å². The SMILES string of the molecule is O=[N+]([O-])c1cccc(S(=O)(=O)Nc2cccc(Cl)c2Br)c1. The summed E-state index contributed by atoms with van der Waals surface area (Å²) in [5.74, 6) is 0. The van der Waals surface area contributed by atoms with Gasteiger partial charge in [0.2, 0.25) is 0 Å². The van der Waals surface area contributed by atoms with E-state index in [9.17, 15) is 18.5 Å². The van der Waals surface area contributed by atoms with Crippen molar-refractivity contribution in [3.05, 3.63) is 62.1 Å². The Labute approximate surface area is 134 Å². The molecule has 0 amide bonds. The van der Waals surface area contributed by atoms with Gasteiger partial charge >= 0.3 is 0 Å². The number of nitrogens with one attached hydrogen (secondary N) is 1. The highest BCUT2D eigenvalue weighted by Gasteiger charge is 2.19. The molecule has 0 fully saturated rings. The maximum atomic E-state index is 12.2. The Hall–Kier alpha value is -1.64.